The molecule has 0 aliphatic rings. The van der Waals surface area contributed by atoms with Gasteiger partial charge < -0.3 is 9.73 Å². The van der Waals surface area contributed by atoms with Crippen LogP contribution in [0.1, 0.15) is 11.7 Å². The predicted molar refractivity (Wildman–Crippen MR) is 73.2 cm³/mol. The van der Waals surface area contributed by atoms with Crippen LogP contribution in [0.5, 0.6) is 0 Å². The molecule has 3 rings (SSSR count). The van der Waals surface area contributed by atoms with Gasteiger partial charge in [0.2, 0.25) is 5.89 Å². The number of rotatable bonds is 3. The fourth-order valence-corrected chi connectivity index (χ4v) is 2.75. The third-order valence-corrected chi connectivity index (χ3v) is 3.62. The van der Waals surface area contributed by atoms with E-state index in [9.17, 15) is 0 Å². The monoisotopic (exact) mass is 279 g/mol. The van der Waals surface area contributed by atoms with E-state index in [0.29, 0.717) is 12.4 Å². The highest BCUT2D eigenvalue weighted by atomic mass is 35.5. The molecular weight excluding hydrogens is 270 g/mol. The van der Waals surface area contributed by atoms with Crippen LogP contribution in [0.2, 0.25) is 5.02 Å². The minimum atomic E-state index is 0.529. The zero-order chi connectivity index (χ0) is 12.5. The van der Waals surface area contributed by atoms with E-state index in [4.69, 9.17) is 16.0 Å². The molecule has 0 amide bonds. The fraction of sp³-hybridized carbons (Fsp3) is 0.167. The quantitative estimate of drug-likeness (QED) is 0.791. The summed E-state index contributed by atoms with van der Waals surface area (Å²) in [5.74, 6) is 1.47. The number of aromatic nitrogens is 2. The van der Waals surface area contributed by atoms with E-state index in [-0.39, 0.29) is 0 Å². The standard InChI is InChI=1S/C12H10ClN3OS/c1-7-5-14-11(17-7)6-15-12-16-9-3-2-8(13)4-10(9)18-12/h2-5H,6H2,1H3,(H,15,16). The first kappa shape index (κ1) is 11.5. The van der Waals surface area contributed by atoms with E-state index in [2.05, 4.69) is 15.3 Å². The number of hydrogen-bond donors (Lipinski definition) is 1. The molecule has 0 aliphatic heterocycles. The van der Waals surface area contributed by atoms with Gasteiger partial charge in [0.1, 0.15) is 5.76 Å². The van der Waals surface area contributed by atoms with E-state index in [1.165, 1.54) is 0 Å². The second-order valence-electron chi connectivity index (χ2n) is 3.85. The van der Waals surface area contributed by atoms with Crippen molar-refractivity contribution < 1.29 is 4.42 Å². The van der Waals surface area contributed by atoms with Crippen LogP contribution in [-0.2, 0) is 6.54 Å². The minimum absolute atomic E-state index is 0.529. The molecule has 1 aromatic carbocycles. The molecule has 2 aromatic heterocycles. The third kappa shape index (κ3) is 2.32. The van der Waals surface area contributed by atoms with E-state index in [1.54, 1.807) is 17.5 Å². The van der Waals surface area contributed by atoms with Crippen molar-refractivity contribution in [2.24, 2.45) is 0 Å². The van der Waals surface area contributed by atoms with Crippen LogP contribution < -0.4 is 5.32 Å². The van der Waals surface area contributed by atoms with E-state index in [1.807, 2.05) is 25.1 Å². The van der Waals surface area contributed by atoms with Crippen molar-refractivity contribution in [3.8, 4) is 0 Å². The Morgan fingerprint density at radius 1 is 1.44 bits per heavy atom. The first-order chi connectivity index (χ1) is 8.70. The number of hydrogen-bond acceptors (Lipinski definition) is 5. The lowest BCUT2D eigenvalue weighted by Gasteiger charge is -1.96. The van der Waals surface area contributed by atoms with Crippen molar-refractivity contribution >= 4 is 38.3 Å². The van der Waals surface area contributed by atoms with Crippen molar-refractivity contribution in [1.29, 1.82) is 0 Å². The summed E-state index contributed by atoms with van der Waals surface area (Å²) < 4.78 is 6.44. The second-order valence-corrected chi connectivity index (χ2v) is 5.32. The summed E-state index contributed by atoms with van der Waals surface area (Å²) in [5.41, 5.74) is 0.940. The van der Waals surface area contributed by atoms with Crippen molar-refractivity contribution in [2.45, 2.75) is 13.5 Å². The van der Waals surface area contributed by atoms with Gasteiger partial charge in [-0.2, -0.15) is 0 Å². The maximum absolute atomic E-state index is 5.94. The lowest BCUT2D eigenvalue weighted by molar-refractivity contribution is 0.479. The Balaban J connectivity index is 1.78. The molecule has 1 N–H and O–H groups in total. The Labute approximate surface area is 113 Å². The largest absolute Gasteiger partial charge is 0.444 e. The van der Waals surface area contributed by atoms with Crippen LogP contribution in [0.3, 0.4) is 0 Å². The van der Waals surface area contributed by atoms with Gasteiger partial charge in [-0.3, -0.25) is 0 Å². The Bertz CT molecular complexity index is 692. The summed E-state index contributed by atoms with van der Waals surface area (Å²) in [6.07, 6.45) is 1.70. The summed E-state index contributed by atoms with van der Waals surface area (Å²) in [6, 6.07) is 5.66. The van der Waals surface area contributed by atoms with Crippen LogP contribution in [0, 0.1) is 6.92 Å². The zero-order valence-electron chi connectivity index (χ0n) is 9.61. The number of thiazole rings is 1. The summed E-state index contributed by atoms with van der Waals surface area (Å²) >= 11 is 7.50. The summed E-state index contributed by atoms with van der Waals surface area (Å²) in [5, 5.41) is 4.75. The Kier molecular flexibility index (Phi) is 2.93. The Hall–Kier alpha value is -1.59. The van der Waals surface area contributed by atoms with Gasteiger partial charge in [-0.1, -0.05) is 22.9 Å². The molecule has 4 nitrogen and oxygen atoms in total. The molecule has 0 atom stereocenters. The average Bonchev–Trinajstić information content (AvgIpc) is 2.92. The smallest absolute Gasteiger partial charge is 0.213 e. The zero-order valence-corrected chi connectivity index (χ0v) is 11.2. The number of benzene rings is 1. The lowest BCUT2D eigenvalue weighted by Crippen LogP contribution is -1.98. The molecule has 0 saturated carbocycles. The number of anilines is 1. The number of halogens is 1. The first-order valence-electron chi connectivity index (χ1n) is 5.42. The van der Waals surface area contributed by atoms with Gasteiger partial charge in [0, 0.05) is 5.02 Å². The number of nitrogens with one attached hydrogen (secondary N) is 1. The highest BCUT2D eigenvalue weighted by molar-refractivity contribution is 7.22. The number of aryl methyl sites for hydroxylation is 1. The van der Waals surface area contributed by atoms with Crippen molar-refractivity contribution in [3.05, 3.63) is 41.1 Å². The van der Waals surface area contributed by atoms with Gasteiger partial charge >= 0.3 is 0 Å². The van der Waals surface area contributed by atoms with Crippen molar-refractivity contribution in [3.63, 3.8) is 0 Å². The third-order valence-electron chi connectivity index (χ3n) is 2.41. The Morgan fingerprint density at radius 3 is 3.11 bits per heavy atom. The lowest BCUT2D eigenvalue weighted by atomic mass is 10.3. The van der Waals surface area contributed by atoms with Crippen LogP contribution in [0.4, 0.5) is 5.13 Å². The molecule has 6 heteroatoms. The number of fused-ring (bicyclic) bond motifs is 1. The molecule has 0 fully saturated rings. The summed E-state index contributed by atoms with van der Waals surface area (Å²) in [6.45, 7) is 2.40. The summed E-state index contributed by atoms with van der Waals surface area (Å²) in [4.78, 5) is 8.58. The SMILES string of the molecule is Cc1cnc(CNc2nc3ccc(Cl)cc3s2)o1. The maximum Gasteiger partial charge on any atom is 0.213 e. The molecule has 0 unspecified atom stereocenters. The van der Waals surface area contributed by atoms with E-state index >= 15 is 0 Å². The van der Waals surface area contributed by atoms with Gasteiger partial charge in [-0.25, -0.2) is 9.97 Å². The topological polar surface area (TPSA) is 51.0 Å². The second kappa shape index (κ2) is 4.59. The van der Waals surface area contributed by atoms with Gasteiger partial charge in [-0.05, 0) is 25.1 Å². The molecule has 92 valence electrons. The predicted octanol–water partition coefficient (Wildman–Crippen LogP) is 3.86. The van der Waals surface area contributed by atoms with Crippen molar-refractivity contribution in [2.75, 3.05) is 5.32 Å². The van der Waals surface area contributed by atoms with Crippen LogP contribution in [0.25, 0.3) is 10.2 Å². The minimum Gasteiger partial charge on any atom is -0.444 e. The van der Waals surface area contributed by atoms with Gasteiger partial charge in [-0.15, -0.1) is 0 Å². The number of oxazole rings is 1. The molecule has 0 bridgehead atoms. The molecule has 0 radical (unpaired) electrons. The molecule has 0 spiro atoms. The molecule has 0 aliphatic carbocycles. The van der Waals surface area contributed by atoms with Crippen LogP contribution >= 0.6 is 22.9 Å². The molecule has 18 heavy (non-hydrogen) atoms. The van der Waals surface area contributed by atoms with Gasteiger partial charge in [0.25, 0.3) is 0 Å². The van der Waals surface area contributed by atoms with Crippen LogP contribution in [0.15, 0.2) is 28.8 Å². The number of nitrogens with zero attached hydrogens (tertiary/aromatic N) is 2. The van der Waals surface area contributed by atoms with Gasteiger partial charge in [0.05, 0.1) is 23.0 Å². The average molecular weight is 280 g/mol. The van der Waals surface area contributed by atoms with Gasteiger partial charge in [0.15, 0.2) is 5.13 Å². The maximum atomic E-state index is 5.94. The van der Waals surface area contributed by atoms with E-state index < -0.39 is 0 Å². The van der Waals surface area contributed by atoms with Crippen LogP contribution in [-0.4, -0.2) is 9.97 Å². The Morgan fingerprint density at radius 2 is 2.33 bits per heavy atom. The first-order valence-corrected chi connectivity index (χ1v) is 6.61. The van der Waals surface area contributed by atoms with Crippen molar-refractivity contribution in [1.82, 2.24) is 9.97 Å². The summed E-state index contributed by atoms with van der Waals surface area (Å²) in [7, 11) is 0. The highest BCUT2D eigenvalue weighted by Crippen LogP contribution is 2.28. The normalized spacial score (nSPS) is 11.0. The van der Waals surface area contributed by atoms with E-state index in [0.717, 1.165) is 26.1 Å². The molecule has 3 aromatic rings. The molecule has 0 saturated heterocycles. The molecule has 2 heterocycles. The molecular formula is C12H10ClN3OS. The highest BCUT2D eigenvalue weighted by Gasteiger charge is 2.05. The fourth-order valence-electron chi connectivity index (χ4n) is 1.61.